The summed E-state index contributed by atoms with van der Waals surface area (Å²) in [6.45, 7) is 0.00215. The highest BCUT2D eigenvalue weighted by molar-refractivity contribution is 7.00. The summed E-state index contributed by atoms with van der Waals surface area (Å²) in [5, 5.41) is 7.18. The molecule has 0 fully saturated rings. The van der Waals surface area contributed by atoms with Gasteiger partial charge in [0.05, 0.1) is 16.7 Å². The zero-order valence-electron chi connectivity index (χ0n) is 30.4. The van der Waals surface area contributed by atoms with Crippen LogP contribution in [0.2, 0.25) is 0 Å². The maximum absolute atomic E-state index is 5.04. The smallest absolute Gasteiger partial charge is 0.252 e. The van der Waals surface area contributed by atoms with E-state index in [0.29, 0.717) is 0 Å². The lowest BCUT2D eigenvalue weighted by atomic mass is 9.34. The minimum Gasteiger partial charge on any atom is -0.296 e. The lowest BCUT2D eigenvalue weighted by Crippen LogP contribution is -2.59. The van der Waals surface area contributed by atoms with Gasteiger partial charge in [-0.25, -0.2) is 9.97 Å². The van der Waals surface area contributed by atoms with Crippen LogP contribution in [0.4, 0.5) is 0 Å². The molecule has 0 atom stereocenters. The van der Waals surface area contributed by atoms with Gasteiger partial charge in [-0.2, -0.15) is 0 Å². The quantitative estimate of drug-likeness (QED) is 0.171. The number of nitrogens with zero attached hydrogens (tertiary/aromatic N) is 7. The summed E-state index contributed by atoms with van der Waals surface area (Å²) in [4.78, 5) is 15.0. The SMILES string of the molecule is c1ccc(-n2c3ncccc3c3c4cccc5c4n(c32)-c2cc(-c3ccccn3)cc3c2B5c2cccc4c5c6cccnc6n(-c6ccccc6)c5n-3c24)cc1. The third-order valence-corrected chi connectivity index (χ3v) is 12.5. The van der Waals surface area contributed by atoms with Crippen LogP contribution in [0.3, 0.4) is 0 Å². The van der Waals surface area contributed by atoms with E-state index in [2.05, 4.69) is 164 Å². The minimum atomic E-state index is 0.00215. The average Bonchev–Trinajstić information content (AvgIpc) is 4.00. The fourth-order valence-electron chi connectivity index (χ4n) is 10.4. The van der Waals surface area contributed by atoms with Gasteiger partial charge in [-0.05, 0) is 89.2 Å². The van der Waals surface area contributed by atoms with Crippen molar-refractivity contribution in [1.29, 1.82) is 0 Å². The van der Waals surface area contributed by atoms with Crippen molar-refractivity contribution in [3.8, 4) is 34.0 Å². The van der Waals surface area contributed by atoms with Crippen molar-refractivity contribution in [1.82, 2.24) is 33.2 Å². The molecule has 0 saturated carbocycles. The molecule has 7 nitrogen and oxygen atoms in total. The first-order valence-corrected chi connectivity index (χ1v) is 19.4. The van der Waals surface area contributed by atoms with Crippen LogP contribution < -0.4 is 16.4 Å². The summed E-state index contributed by atoms with van der Waals surface area (Å²) in [5.74, 6) is 0. The minimum absolute atomic E-state index is 0.00215. The Bertz CT molecular complexity index is 3470. The van der Waals surface area contributed by atoms with Crippen LogP contribution in [-0.4, -0.2) is 39.9 Å². The first-order valence-electron chi connectivity index (χ1n) is 19.4. The van der Waals surface area contributed by atoms with Crippen LogP contribution in [0.25, 0.3) is 99.9 Å². The van der Waals surface area contributed by atoms with Gasteiger partial charge in [-0.3, -0.25) is 23.3 Å². The Morgan fingerprint density at radius 3 is 1.40 bits per heavy atom. The maximum atomic E-state index is 5.04. The molecule has 262 valence electrons. The van der Waals surface area contributed by atoms with E-state index in [4.69, 9.17) is 15.0 Å². The van der Waals surface area contributed by atoms with Crippen LogP contribution in [0.15, 0.2) is 170 Å². The second kappa shape index (κ2) is 10.5. The van der Waals surface area contributed by atoms with Crippen LogP contribution in [-0.2, 0) is 0 Å². The van der Waals surface area contributed by atoms with E-state index in [1.807, 2.05) is 24.7 Å². The number of benzene rings is 5. The first kappa shape index (κ1) is 29.6. The molecule has 5 aromatic carbocycles. The van der Waals surface area contributed by atoms with E-state index in [0.717, 1.165) is 67.4 Å². The van der Waals surface area contributed by atoms with Gasteiger partial charge in [-0.1, -0.05) is 78.9 Å². The average molecular weight is 726 g/mol. The van der Waals surface area contributed by atoms with Gasteiger partial charge in [0.25, 0.3) is 6.71 Å². The number of para-hydroxylation sites is 4. The lowest BCUT2D eigenvalue weighted by molar-refractivity contribution is 1.04. The molecule has 12 aromatic rings. The van der Waals surface area contributed by atoms with E-state index in [9.17, 15) is 0 Å². The molecule has 8 heteroatoms. The number of hydrogen-bond acceptors (Lipinski definition) is 3. The standard InChI is InChI=1S/C49H28BN7/c1-3-13-30(14-4-1)54-46-34(19-11-25-52-46)41-32-17-9-21-36-44(32)56(48(41)54)39-27-29(38-23-7-8-24-51-38)28-40-43(39)50(36)37-22-10-18-33-42-35-20-12-26-53-47(35)55(31-15-5-2-6-16-31)49(42)57(40)45(33)37/h1-28H. The third-order valence-electron chi connectivity index (χ3n) is 12.5. The van der Waals surface area contributed by atoms with Gasteiger partial charge < -0.3 is 0 Å². The van der Waals surface area contributed by atoms with Gasteiger partial charge in [0.2, 0.25) is 0 Å². The Morgan fingerprint density at radius 1 is 0.404 bits per heavy atom. The van der Waals surface area contributed by atoms with E-state index < -0.39 is 0 Å². The van der Waals surface area contributed by atoms with Crippen LogP contribution in [0, 0.1) is 0 Å². The second-order valence-electron chi connectivity index (χ2n) is 15.2. The number of aromatic nitrogens is 7. The number of rotatable bonds is 3. The van der Waals surface area contributed by atoms with Crippen molar-refractivity contribution in [3.05, 3.63) is 170 Å². The molecule has 7 aromatic heterocycles. The van der Waals surface area contributed by atoms with Crippen molar-refractivity contribution in [3.63, 3.8) is 0 Å². The van der Waals surface area contributed by atoms with E-state index in [1.54, 1.807) is 0 Å². The molecule has 9 heterocycles. The van der Waals surface area contributed by atoms with Gasteiger partial charge in [0, 0.05) is 79.2 Å². The Kier molecular flexibility index (Phi) is 5.47. The second-order valence-corrected chi connectivity index (χ2v) is 15.2. The number of hydrogen-bond donors (Lipinski definition) is 0. The molecular formula is C49H28BN7. The van der Waals surface area contributed by atoms with E-state index in [1.165, 1.54) is 49.0 Å². The fourth-order valence-corrected chi connectivity index (χ4v) is 10.4. The summed E-state index contributed by atoms with van der Waals surface area (Å²) in [5.41, 5.74) is 16.9. The molecule has 2 aliphatic rings. The molecule has 0 saturated heterocycles. The van der Waals surface area contributed by atoms with Gasteiger partial charge in [-0.15, -0.1) is 0 Å². The molecular weight excluding hydrogens is 697 g/mol. The third kappa shape index (κ3) is 3.57. The largest absolute Gasteiger partial charge is 0.296 e. The monoisotopic (exact) mass is 725 g/mol. The summed E-state index contributed by atoms with van der Waals surface area (Å²) in [7, 11) is 0. The highest BCUT2D eigenvalue weighted by Crippen LogP contribution is 2.45. The molecule has 0 N–H and O–H groups in total. The molecule has 2 aliphatic heterocycles. The Balaban J connectivity index is 1.24. The van der Waals surface area contributed by atoms with Crippen molar-refractivity contribution in [2.75, 3.05) is 0 Å². The first-order chi connectivity index (χ1) is 28.3. The number of fused-ring (bicyclic) bond motifs is 14. The van der Waals surface area contributed by atoms with Crippen molar-refractivity contribution in [2.45, 2.75) is 0 Å². The van der Waals surface area contributed by atoms with Crippen LogP contribution in [0.5, 0.6) is 0 Å². The summed E-state index contributed by atoms with van der Waals surface area (Å²) >= 11 is 0. The predicted octanol–water partition coefficient (Wildman–Crippen LogP) is 8.76. The normalized spacial score (nSPS) is 12.9. The molecule has 14 rings (SSSR count). The Labute approximate surface area is 325 Å². The van der Waals surface area contributed by atoms with Gasteiger partial charge in [0.15, 0.2) is 0 Å². The zero-order valence-corrected chi connectivity index (χ0v) is 30.4. The molecule has 0 spiro atoms. The summed E-state index contributed by atoms with van der Waals surface area (Å²) < 4.78 is 9.79. The van der Waals surface area contributed by atoms with Crippen LogP contribution >= 0.6 is 0 Å². The highest BCUT2D eigenvalue weighted by Gasteiger charge is 2.42. The van der Waals surface area contributed by atoms with Gasteiger partial charge in [0.1, 0.15) is 22.6 Å². The molecule has 0 aliphatic carbocycles. The molecule has 0 unspecified atom stereocenters. The van der Waals surface area contributed by atoms with Crippen LogP contribution in [0.1, 0.15) is 0 Å². The molecule has 0 amide bonds. The lowest BCUT2D eigenvalue weighted by Gasteiger charge is -2.34. The molecule has 0 radical (unpaired) electrons. The van der Waals surface area contributed by atoms with Crippen molar-refractivity contribution >= 4 is 89.0 Å². The van der Waals surface area contributed by atoms with E-state index in [-0.39, 0.29) is 6.71 Å². The molecule has 57 heavy (non-hydrogen) atoms. The summed E-state index contributed by atoms with van der Waals surface area (Å²) in [6, 6.07) is 54.7. The Morgan fingerprint density at radius 2 is 0.895 bits per heavy atom. The number of pyridine rings is 3. The Hall–Kier alpha value is -7.71. The predicted molar refractivity (Wildman–Crippen MR) is 232 cm³/mol. The zero-order chi connectivity index (χ0) is 36.9. The van der Waals surface area contributed by atoms with Crippen molar-refractivity contribution in [2.24, 2.45) is 0 Å². The summed E-state index contributed by atoms with van der Waals surface area (Å²) in [6.07, 6.45) is 5.71. The highest BCUT2D eigenvalue weighted by atomic mass is 15.2. The fraction of sp³-hybridized carbons (Fsp3) is 0. The maximum Gasteiger partial charge on any atom is 0.252 e. The molecule has 0 bridgehead atoms. The van der Waals surface area contributed by atoms with E-state index >= 15 is 0 Å². The van der Waals surface area contributed by atoms with Gasteiger partial charge >= 0.3 is 0 Å². The topological polar surface area (TPSA) is 58.4 Å². The van der Waals surface area contributed by atoms with Crippen molar-refractivity contribution < 1.29 is 0 Å².